The predicted octanol–water partition coefficient (Wildman–Crippen LogP) is 2.40. The molecule has 0 fully saturated rings. The van der Waals surface area contributed by atoms with Crippen LogP contribution in [0.5, 0.6) is 5.75 Å². The van der Waals surface area contributed by atoms with E-state index in [1.165, 1.54) is 0 Å². The van der Waals surface area contributed by atoms with E-state index in [9.17, 15) is 9.90 Å². The molecule has 1 aromatic carbocycles. The van der Waals surface area contributed by atoms with Crippen molar-refractivity contribution in [2.75, 3.05) is 11.4 Å². The number of pyridine rings is 1. The number of rotatable bonds is 2. The largest absolute Gasteiger partial charge is 0.508 e. The highest BCUT2D eigenvalue weighted by Gasteiger charge is 2.28. The number of phenols is 1. The molecule has 1 N–H and O–H groups in total. The summed E-state index contributed by atoms with van der Waals surface area (Å²) < 4.78 is 0. The average molecular weight is 268 g/mol. The Bertz CT molecular complexity index is 655. The number of aryl methyl sites for hydroxylation is 1. The molecule has 2 aromatic rings. The van der Waals surface area contributed by atoms with E-state index in [2.05, 4.69) is 9.88 Å². The Hall–Kier alpha value is -2.36. The summed E-state index contributed by atoms with van der Waals surface area (Å²) in [6.45, 7) is 2.78. The topological polar surface area (TPSA) is 53.4 Å². The molecular weight excluding hydrogens is 252 g/mol. The number of hydrogen-bond donors (Lipinski definition) is 1. The number of carbonyl (C=O) groups is 1. The molecule has 102 valence electrons. The number of aromatic hydroxyl groups is 1. The lowest BCUT2D eigenvalue weighted by molar-refractivity contribution is -0.109. The molecule has 2 heterocycles. The van der Waals surface area contributed by atoms with Crippen LogP contribution in [-0.4, -0.2) is 22.9 Å². The SMILES string of the molecule is Cc1ccncc1N1CCc2ccc(O)cc2C1C=O. The molecule has 0 saturated heterocycles. The molecule has 0 radical (unpaired) electrons. The summed E-state index contributed by atoms with van der Waals surface area (Å²) in [5, 5.41) is 9.67. The molecule has 1 aliphatic rings. The highest BCUT2D eigenvalue weighted by atomic mass is 16.3. The molecule has 0 spiro atoms. The van der Waals surface area contributed by atoms with Crippen LogP contribution in [0.1, 0.15) is 22.7 Å². The second kappa shape index (κ2) is 4.96. The van der Waals surface area contributed by atoms with Crippen molar-refractivity contribution < 1.29 is 9.90 Å². The van der Waals surface area contributed by atoms with Crippen molar-refractivity contribution in [1.82, 2.24) is 4.98 Å². The Labute approximate surface area is 117 Å². The Morgan fingerprint density at radius 1 is 1.40 bits per heavy atom. The Balaban J connectivity index is 2.07. The predicted molar refractivity (Wildman–Crippen MR) is 76.9 cm³/mol. The van der Waals surface area contributed by atoms with E-state index in [1.54, 1.807) is 24.5 Å². The molecule has 0 aliphatic carbocycles. The molecule has 20 heavy (non-hydrogen) atoms. The first-order valence-electron chi connectivity index (χ1n) is 6.65. The molecule has 1 aromatic heterocycles. The molecule has 0 bridgehead atoms. The van der Waals surface area contributed by atoms with E-state index in [-0.39, 0.29) is 11.8 Å². The van der Waals surface area contributed by atoms with Gasteiger partial charge in [-0.1, -0.05) is 6.07 Å². The maximum Gasteiger partial charge on any atom is 0.147 e. The van der Waals surface area contributed by atoms with Crippen molar-refractivity contribution in [2.24, 2.45) is 0 Å². The number of carbonyl (C=O) groups excluding carboxylic acids is 1. The third kappa shape index (κ3) is 2.03. The van der Waals surface area contributed by atoms with E-state index in [4.69, 9.17) is 0 Å². The number of hydrogen-bond acceptors (Lipinski definition) is 4. The second-order valence-electron chi connectivity index (χ2n) is 5.07. The maximum absolute atomic E-state index is 11.6. The molecule has 0 amide bonds. The van der Waals surface area contributed by atoms with Crippen LogP contribution in [0.2, 0.25) is 0 Å². The summed E-state index contributed by atoms with van der Waals surface area (Å²) in [6.07, 6.45) is 5.33. The zero-order valence-electron chi connectivity index (χ0n) is 11.3. The minimum Gasteiger partial charge on any atom is -0.508 e. The van der Waals surface area contributed by atoms with E-state index >= 15 is 0 Å². The quantitative estimate of drug-likeness (QED) is 0.850. The van der Waals surface area contributed by atoms with Gasteiger partial charge in [0.2, 0.25) is 0 Å². The monoisotopic (exact) mass is 268 g/mol. The van der Waals surface area contributed by atoms with Crippen LogP contribution in [0.15, 0.2) is 36.7 Å². The summed E-state index contributed by atoms with van der Waals surface area (Å²) in [5.74, 6) is 0.195. The van der Waals surface area contributed by atoms with Crippen LogP contribution in [-0.2, 0) is 11.2 Å². The first kappa shape index (κ1) is 12.7. The number of aromatic nitrogens is 1. The molecular formula is C16H16N2O2. The van der Waals surface area contributed by atoms with Gasteiger partial charge in [-0.05, 0) is 48.2 Å². The van der Waals surface area contributed by atoms with Crippen LogP contribution >= 0.6 is 0 Å². The van der Waals surface area contributed by atoms with Gasteiger partial charge in [0.15, 0.2) is 0 Å². The lowest BCUT2D eigenvalue weighted by atomic mass is 9.92. The van der Waals surface area contributed by atoms with Gasteiger partial charge in [-0.15, -0.1) is 0 Å². The van der Waals surface area contributed by atoms with Gasteiger partial charge >= 0.3 is 0 Å². The molecule has 1 unspecified atom stereocenters. The van der Waals surface area contributed by atoms with Crippen molar-refractivity contribution >= 4 is 12.0 Å². The van der Waals surface area contributed by atoms with Gasteiger partial charge in [0, 0.05) is 12.7 Å². The first-order valence-corrected chi connectivity index (χ1v) is 6.65. The molecule has 1 atom stereocenters. The van der Waals surface area contributed by atoms with Crippen LogP contribution < -0.4 is 4.90 Å². The fraction of sp³-hybridized carbons (Fsp3) is 0.250. The van der Waals surface area contributed by atoms with Gasteiger partial charge in [-0.25, -0.2) is 0 Å². The normalized spacial score (nSPS) is 17.6. The summed E-state index contributed by atoms with van der Waals surface area (Å²) in [7, 11) is 0. The van der Waals surface area contributed by atoms with Crippen LogP contribution in [0.4, 0.5) is 5.69 Å². The Morgan fingerprint density at radius 3 is 3.00 bits per heavy atom. The summed E-state index contributed by atoms with van der Waals surface area (Å²) in [6, 6.07) is 6.83. The number of benzene rings is 1. The van der Waals surface area contributed by atoms with Crippen LogP contribution in [0.3, 0.4) is 0 Å². The van der Waals surface area contributed by atoms with Gasteiger partial charge in [-0.2, -0.15) is 0 Å². The van der Waals surface area contributed by atoms with Crippen molar-refractivity contribution in [3.63, 3.8) is 0 Å². The zero-order chi connectivity index (χ0) is 14.1. The van der Waals surface area contributed by atoms with Crippen molar-refractivity contribution in [2.45, 2.75) is 19.4 Å². The number of aldehydes is 1. The zero-order valence-corrected chi connectivity index (χ0v) is 11.3. The van der Waals surface area contributed by atoms with Crippen molar-refractivity contribution in [3.05, 3.63) is 53.3 Å². The van der Waals surface area contributed by atoms with Crippen molar-refractivity contribution in [1.29, 1.82) is 0 Å². The molecule has 4 nitrogen and oxygen atoms in total. The van der Waals surface area contributed by atoms with Gasteiger partial charge in [-0.3, -0.25) is 4.98 Å². The maximum atomic E-state index is 11.6. The van der Waals surface area contributed by atoms with Gasteiger partial charge in [0.25, 0.3) is 0 Å². The van der Waals surface area contributed by atoms with E-state index in [0.29, 0.717) is 0 Å². The number of nitrogens with zero attached hydrogens (tertiary/aromatic N) is 2. The third-order valence-corrected chi connectivity index (χ3v) is 3.86. The summed E-state index contributed by atoms with van der Waals surface area (Å²) >= 11 is 0. The van der Waals surface area contributed by atoms with Gasteiger partial charge in [0.05, 0.1) is 11.9 Å². The Kier molecular flexibility index (Phi) is 3.14. The van der Waals surface area contributed by atoms with Gasteiger partial charge < -0.3 is 14.8 Å². The molecule has 4 heteroatoms. The lowest BCUT2D eigenvalue weighted by Gasteiger charge is -2.36. The van der Waals surface area contributed by atoms with Gasteiger partial charge in [0.1, 0.15) is 18.1 Å². The third-order valence-electron chi connectivity index (χ3n) is 3.86. The van der Waals surface area contributed by atoms with Crippen LogP contribution in [0.25, 0.3) is 0 Å². The summed E-state index contributed by atoms with van der Waals surface area (Å²) in [4.78, 5) is 17.8. The minimum atomic E-state index is -0.367. The second-order valence-corrected chi connectivity index (χ2v) is 5.07. The first-order chi connectivity index (χ1) is 9.70. The van der Waals surface area contributed by atoms with Crippen molar-refractivity contribution in [3.8, 4) is 5.75 Å². The number of fused-ring (bicyclic) bond motifs is 1. The Morgan fingerprint density at radius 2 is 2.25 bits per heavy atom. The number of anilines is 1. The fourth-order valence-corrected chi connectivity index (χ4v) is 2.81. The van der Waals surface area contributed by atoms with E-state index in [1.807, 2.05) is 19.1 Å². The summed E-state index contributed by atoms with van der Waals surface area (Å²) in [5.41, 5.74) is 4.07. The lowest BCUT2D eigenvalue weighted by Crippen LogP contribution is -2.36. The standard InChI is InChI=1S/C16H16N2O2/c1-11-4-6-17-9-15(11)18-7-5-12-2-3-13(20)8-14(12)16(18)10-19/h2-4,6,8-10,16,20H,5,7H2,1H3. The van der Waals surface area contributed by atoms with E-state index in [0.717, 1.165) is 41.6 Å². The smallest absolute Gasteiger partial charge is 0.147 e. The average Bonchev–Trinajstić information content (AvgIpc) is 2.46. The molecule has 3 rings (SSSR count). The highest BCUT2D eigenvalue weighted by molar-refractivity contribution is 5.72. The fourth-order valence-electron chi connectivity index (χ4n) is 2.81. The number of phenolic OH excluding ortho intramolecular Hbond substituents is 1. The highest BCUT2D eigenvalue weighted by Crippen LogP contribution is 2.35. The molecule has 0 saturated carbocycles. The molecule has 1 aliphatic heterocycles. The van der Waals surface area contributed by atoms with E-state index < -0.39 is 0 Å². The minimum absolute atomic E-state index is 0.195. The van der Waals surface area contributed by atoms with Crippen LogP contribution in [0, 0.1) is 6.92 Å².